The molecule has 0 atom stereocenters. The molecule has 1 heterocycles. The molecule has 0 unspecified atom stereocenters. The summed E-state index contributed by atoms with van der Waals surface area (Å²) in [7, 11) is 0. The number of carbonyl (C=O) groups is 1. The maximum absolute atomic E-state index is 11.5. The Balaban J connectivity index is 0.000000240. The zero-order valence-corrected chi connectivity index (χ0v) is 20.5. The fraction of sp³-hybridized carbons (Fsp3) is 0.500. The molecule has 1 fully saturated rings. The number of nitrogens with one attached hydrogen (secondary N) is 1. The molecule has 1 aromatic carbocycles. The van der Waals surface area contributed by atoms with Gasteiger partial charge in [0, 0.05) is 34.9 Å². The molecule has 1 aromatic heterocycles. The molecule has 1 amide bonds. The third kappa shape index (κ3) is 7.76. The molecule has 0 radical (unpaired) electrons. The zero-order chi connectivity index (χ0) is 24.5. The van der Waals surface area contributed by atoms with Gasteiger partial charge in [0.15, 0.2) is 5.75 Å². The molecule has 1 aliphatic rings. The van der Waals surface area contributed by atoms with Crippen molar-refractivity contribution in [3.05, 3.63) is 52.6 Å². The maximum Gasteiger partial charge on any atom is 0.207 e. The van der Waals surface area contributed by atoms with Gasteiger partial charge in [-0.25, -0.2) is 9.97 Å². The first-order valence-corrected chi connectivity index (χ1v) is 10.7. The second-order valence-electron chi connectivity index (χ2n) is 9.48. The largest absolute Gasteiger partial charge is 0.355 e. The summed E-state index contributed by atoms with van der Waals surface area (Å²) in [5, 5.41) is 11.5. The van der Waals surface area contributed by atoms with Gasteiger partial charge >= 0.3 is 0 Å². The van der Waals surface area contributed by atoms with Crippen LogP contribution in [-0.2, 0) is 4.79 Å². The summed E-state index contributed by atoms with van der Waals surface area (Å²) < 4.78 is 11.5. The molecule has 0 saturated heterocycles. The van der Waals surface area contributed by atoms with E-state index in [9.17, 15) is 9.32 Å². The van der Waals surface area contributed by atoms with Gasteiger partial charge in [0.05, 0.1) is 10.6 Å². The third-order valence-corrected chi connectivity index (χ3v) is 5.49. The molecule has 2 aromatic rings. The number of benzene rings is 1. The molecule has 1 saturated carbocycles. The summed E-state index contributed by atoms with van der Waals surface area (Å²) in [4.78, 5) is 22.0. The minimum Gasteiger partial charge on any atom is -0.355 e. The van der Waals surface area contributed by atoms with Gasteiger partial charge in [-0.3, -0.25) is 9.74 Å². The van der Waals surface area contributed by atoms with Crippen LogP contribution in [0.1, 0.15) is 70.8 Å². The highest BCUT2D eigenvalue weighted by molar-refractivity contribution is 6.31. The monoisotopic (exact) mass is 462 g/mol. The lowest BCUT2D eigenvalue weighted by molar-refractivity contribution is -0.117. The summed E-state index contributed by atoms with van der Waals surface area (Å²) >= 11 is 5.54. The van der Waals surface area contributed by atoms with Crippen molar-refractivity contribution < 1.29 is 14.3 Å². The van der Waals surface area contributed by atoms with Crippen LogP contribution >= 0.6 is 11.6 Å². The second-order valence-corrected chi connectivity index (χ2v) is 9.88. The minimum absolute atomic E-state index is 0.00556. The van der Waals surface area contributed by atoms with Crippen LogP contribution in [0.4, 0.5) is 4.53 Å². The van der Waals surface area contributed by atoms with E-state index in [1.54, 1.807) is 0 Å². The molecular weight excluding hydrogens is 431 g/mol. The Labute approximate surface area is 195 Å². The number of nitriles is 1. The fourth-order valence-electron chi connectivity index (χ4n) is 4.16. The molecule has 1 aliphatic carbocycles. The highest BCUT2D eigenvalue weighted by Crippen LogP contribution is 2.53. The molecule has 32 heavy (non-hydrogen) atoms. The molecule has 174 valence electrons. The van der Waals surface area contributed by atoms with E-state index in [0.29, 0.717) is 17.5 Å². The van der Waals surface area contributed by atoms with Gasteiger partial charge in [-0.05, 0) is 41.9 Å². The molecule has 0 aliphatic heterocycles. The van der Waals surface area contributed by atoms with Crippen molar-refractivity contribution in [3.63, 3.8) is 0 Å². The topological polar surface area (TPSA) is 87.9 Å². The number of hydrogen-bond donors (Lipinski definition) is 1. The third-order valence-electron chi connectivity index (χ3n) is 5.18. The number of aryl methyl sites for hydroxylation is 1. The van der Waals surface area contributed by atoms with Crippen molar-refractivity contribution in [3.8, 4) is 11.8 Å². The van der Waals surface area contributed by atoms with E-state index in [4.69, 9.17) is 16.9 Å². The first-order chi connectivity index (χ1) is 14.9. The smallest absolute Gasteiger partial charge is 0.207 e. The average Bonchev–Trinajstić information content (AvgIpc) is 2.72. The molecule has 1 N–H and O–H groups in total. The summed E-state index contributed by atoms with van der Waals surface area (Å²) in [6.07, 6.45) is 5.70. The van der Waals surface area contributed by atoms with Crippen LogP contribution in [0.2, 0.25) is 5.02 Å². The van der Waals surface area contributed by atoms with Gasteiger partial charge in [-0.1, -0.05) is 53.1 Å². The lowest BCUT2D eigenvalue weighted by Gasteiger charge is -2.57. The molecule has 0 bridgehead atoms. The molecule has 3 rings (SSSR count). The van der Waals surface area contributed by atoms with Gasteiger partial charge in [-0.15, -0.1) is 0 Å². The molecule has 6 nitrogen and oxygen atoms in total. The highest BCUT2D eigenvalue weighted by Gasteiger charge is 2.52. The highest BCUT2D eigenvalue weighted by atomic mass is 35.5. The van der Waals surface area contributed by atoms with E-state index in [1.807, 2.05) is 25.4 Å². The van der Waals surface area contributed by atoms with Gasteiger partial charge in [0.25, 0.3) is 0 Å². The Hall–Kier alpha value is -2.72. The Morgan fingerprint density at radius 3 is 2.16 bits per heavy atom. The predicted molar refractivity (Wildman–Crippen MR) is 124 cm³/mol. The van der Waals surface area contributed by atoms with Crippen molar-refractivity contribution in [2.24, 2.45) is 10.8 Å². The Bertz CT molecular complexity index is 911. The summed E-state index contributed by atoms with van der Waals surface area (Å²) in [5.74, 6) is 1.35. The molecule has 0 spiro atoms. The Morgan fingerprint density at radius 1 is 1.25 bits per heavy atom. The van der Waals surface area contributed by atoms with Crippen LogP contribution in [0.15, 0.2) is 30.6 Å². The summed E-state index contributed by atoms with van der Waals surface area (Å²) in [6.45, 7) is 14.9. The minimum atomic E-state index is -0.00556. The maximum atomic E-state index is 11.5. The van der Waals surface area contributed by atoms with Gasteiger partial charge < -0.3 is 5.32 Å². The Morgan fingerprint density at radius 2 is 1.81 bits per heavy atom. The quantitative estimate of drug-likeness (QED) is 0.568. The van der Waals surface area contributed by atoms with Crippen molar-refractivity contribution in [1.29, 1.82) is 5.26 Å². The first-order valence-electron chi connectivity index (χ1n) is 10.3. The van der Waals surface area contributed by atoms with Crippen LogP contribution in [0.25, 0.3) is 0 Å². The lowest BCUT2D eigenvalue weighted by Crippen LogP contribution is -2.61. The number of nitrogens with zero attached hydrogens (tertiary/aromatic N) is 3. The number of carbonyl (C=O) groups excluding carboxylic acids is 1. The SMILES string of the molecule is CC1(C)CC(C)(C)C1NC=O.Cc1cnc(C(C)C)nc1.N#Cc1ccc(OF)cc1Cl. The van der Waals surface area contributed by atoms with Gasteiger partial charge in [0.1, 0.15) is 11.9 Å². The van der Waals surface area contributed by atoms with E-state index in [2.05, 4.69) is 61.8 Å². The van der Waals surface area contributed by atoms with Crippen molar-refractivity contribution >= 4 is 18.0 Å². The van der Waals surface area contributed by atoms with E-state index in [1.165, 1.54) is 24.6 Å². The lowest BCUT2D eigenvalue weighted by atomic mass is 9.52. The average molecular weight is 463 g/mol. The number of aromatic nitrogens is 2. The first kappa shape index (κ1) is 27.3. The normalized spacial score (nSPS) is 15.7. The van der Waals surface area contributed by atoms with E-state index >= 15 is 0 Å². The van der Waals surface area contributed by atoms with E-state index in [0.717, 1.165) is 17.8 Å². The van der Waals surface area contributed by atoms with E-state index in [-0.39, 0.29) is 21.6 Å². The number of hydrogen-bond acceptors (Lipinski definition) is 5. The van der Waals surface area contributed by atoms with Crippen LogP contribution < -0.4 is 10.3 Å². The van der Waals surface area contributed by atoms with Gasteiger partial charge in [-0.2, -0.15) is 5.26 Å². The van der Waals surface area contributed by atoms with Crippen molar-refractivity contribution in [1.82, 2.24) is 15.3 Å². The standard InChI is InChI=1S/C9H17NO.C8H12N2.C7H3ClFNO/c1-8(2)5-9(3,4)7(8)10-6-11;1-6(2)8-9-4-7(3)5-10-8;8-7-3-6(11-9)2-1-5(7)4-10/h6-7H,5H2,1-4H3,(H,10,11);4-6H,1-3H3;1-3H. The van der Waals surface area contributed by atoms with Gasteiger partial charge in [0.2, 0.25) is 6.41 Å². The van der Waals surface area contributed by atoms with Crippen LogP contribution in [0, 0.1) is 29.1 Å². The molecule has 8 heteroatoms. The predicted octanol–water partition coefficient (Wildman–Crippen LogP) is 5.94. The fourth-order valence-corrected chi connectivity index (χ4v) is 4.37. The van der Waals surface area contributed by atoms with Crippen molar-refractivity contribution in [2.75, 3.05) is 0 Å². The van der Waals surface area contributed by atoms with E-state index < -0.39 is 0 Å². The zero-order valence-electron chi connectivity index (χ0n) is 19.7. The second kappa shape index (κ2) is 11.8. The number of amides is 1. The number of halogens is 2. The Kier molecular flexibility index (Phi) is 10.0. The summed E-state index contributed by atoms with van der Waals surface area (Å²) in [6, 6.07) is 6.12. The van der Waals surface area contributed by atoms with Crippen molar-refractivity contribution in [2.45, 2.75) is 66.8 Å². The summed E-state index contributed by atoms with van der Waals surface area (Å²) in [5.41, 5.74) is 1.98. The van der Waals surface area contributed by atoms with Crippen LogP contribution in [-0.4, -0.2) is 22.4 Å². The number of rotatable bonds is 4. The van der Waals surface area contributed by atoms with Crippen LogP contribution in [0.5, 0.6) is 5.75 Å². The van der Waals surface area contributed by atoms with Crippen LogP contribution in [0.3, 0.4) is 0 Å². The molecular formula is C24H32ClFN4O2.